The lowest BCUT2D eigenvalue weighted by Gasteiger charge is -2.40. The Hall–Kier alpha value is -3.05. The van der Waals surface area contributed by atoms with Crippen LogP contribution < -0.4 is 4.74 Å². The van der Waals surface area contributed by atoms with Crippen LogP contribution in [0.1, 0.15) is 62.8 Å². The highest BCUT2D eigenvalue weighted by Gasteiger charge is 2.39. The van der Waals surface area contributed by atoms with Crippen LogP contribution in [0.15, 0.2) is 42.5 Å². The van der Waals surface area contributed by atoms with E-state index in [0.717, 1.165) is 24.0 Å². The Labute approximate surface area is 223 Å². The number of nitrogens with zero attached hydrogens (tertiary/aromatic N) is 1. The Morgan fingerprint density at radius 1 is 1.05 bits per heavy atom. The molecule has 0 unspecified atom stereocenters. The second-order valence-corrected chi connectivity index (χ2v) is 11.2. The zero-order chi connectivity index (χ0) is 26.5. The minimum Gasteiger partial charge on any atom is -0.493 e. The number of aryl methyl sites for hydroxylation is 1. The van der Waals surface area contributed by atoms with Crippen molar-refractivity contribution in [3.63, 3.8) is 0 Å². The van der Waals surface area contributed by atoms with Crippen LogP contribution in [0.2, 0.25) is 5.02 Å². The van der Waals surface area contributed by atoms with Crippen molar-refractivity contribution in [3.8, 4) is 28.0 Å². The van der Waals surface area contributed by atoms with E-state index in [0.29, 0.717) is 31.0 Å². The van der Waals surface area contributed by atoms with E-state index >= 15 is 4.39 Å². The maximum absolute atomic E-state index is 15.6. The van der Waals surface area contributed by atoms with Crippen molar-refractivity contribution < 1.29 is 18.7 Å². The van der Waals surface area contributed by atoms with E-state index in [9.17, 15) is 4.79 Å². The van der Waals surface area contributed by atoms with Gasteiger partial charge in [0.1, 0.15) is 17.2 Å². The molecular formula is C31H33ClFNO3. The first-order valence-electron chi connectivity index (χ1n) is 13.0. The summed E-state index contributed by atoms with van der Waals surface area (Å²) in [7, 11) is 0. The lowest BCUT2D eigenvalue weighted by molar-refractivity contribution is 0.00766. The molecule has 1 saturated heterocycles. The Balaban J connectivity index is 1.60. The molecule has 3 aromatic carbocycles. The van der Waals surface area contributed by atoms with Crippen molar-refractivity contribution >= 4 is 17.7 Å². The summed E-state index contributed by atoms with van der Waals surface area (Å²) in [6, 6.07) is 14.6. The summed E-state index contributed by atoms with van der Waals surface area (Å²) in [4.78, 5) is 14.1. The number of carbonyl (C=O) groups excluding carboxylic acids is 1. The Kier molecular flexibility index (Phi) is 6.70. The van der Waals surface area contributed by atoms with Gasteiger partial charge in [-0.2, -0.15) is 0 Å². The van der Waals surface area contributed by atoms with Crippen LogP contribution in [0.5, 0.6) is 5.75 Å². The minimum absolute atomic E-state index is 0.0651. The van der Waals surface area contributed by atoms with Crippen LogP contribution in [0.25, 0.3) is 22.3 Å². The van der Waals surface area contributed by atoms with Gasteiger partial charge in [-0.25, -0.2) is 9.18 Å². The van der Waals surface area contributed by atoms with Gasteiger partial charge in [-0.05, 0) is 80.0 Å². The van der Waals surface area contributed by atoms with Gasteiger partial charge in [0.25, 0.3) is 0 Å². The zero-order valence-electron chi connectivity index (χ0n) is 22.1. The second kappa shape index (κ2) is 9.68. The number of fused-ring (bicyclic) bond motifs is 3. The van der Waals surface area contributed by atoms with E-state index in [1.54, 1.807) is 11.0 Å². The number of likely N-dealkylation sites (tertiary alicyclic amines) is 1. The normalized spacial score (nSPS) is 14.7. The van der Waals surface area contributed by atoms with Crippen molar-refractivity contribution in [2.75, 3.05) is 19.7 Å². The van der Waals surface area contributed by atoms with Crippen LogP contribution in [0.3, 0.4) is 0 Å². The third-order valence-electron chi connectivity index (χ3n) is 7.12. The molecule has 4 nitrogen and oxygen atoms in total. The van der Waals surface area contributed by atoms with Gasteiger partial charge >= 0.3 is 6.09 Å². The summed E-state index contributed by atoms with van der Waals surface area (Å²) in [6.45, 7) is 10.6. The summed E-state index contributed by atoms with van der Waals surface area (Å²) in [5, 5.41) is 0.0651. The number of ether oxygens (including phenoxy) is 2. The van der Waals surface area contributed by atoms with Gasteiger partial charge in [-0.3, -0.25) is 0 Å². The fourth-order valence-corrected chi connectivity index (χ4v) is 5.58. The molecule has 5 rings (SSSR count). The molecule has 0 N–H and O–H groups in total. The summed E-state index contributed by atoms with van der Waals surface area (Å²) >= 11 is 6.53. The molecule has 0 spiro atoms. The number of amides is 1. The first-order chi connectivity index (χ1) is 17.6. The Bertz CT molecular complexity index is 1370. The van der Waals surface area contributed by atoms with Crippen LogP contribution in [0.4, 0.5) is 9.18 Å². The number of benzene rings is 3. The third-order valence-corrected chi connectivity index (χ3v) is 7.39. The average Bonchev–Trinajstić information content (AvgIpc) is 3.19. The lowest BCUT2D eigenvalue weighted by atomic mass is 9.85. The predicted molar refractivity (Wildman–Crippen MR) is 146 cm³/mol. The topological polar surface area (TPSA) is 38.8 Å². The third kappa shape index (κ3) is 4.70. The Morgan fingerprint density at radius 2 is 1.73 bits per heavy atom. The van der Waals surface area contributed by atoms with E-state index in [-0.39, 0.29) is 10.9 Å². The molecule has 1 amide bonds. The maximum atomic E-state index is 15.6. The van der Waals surface area contributed by atoms with Gasteiger partial charge in [0.05, 0.1) is 11.6 Å². The highest BCUT2D eigenvalue weighted by molar-refractivity contribution is 6.31. The van der Waals surface area contributed by atoms with Crippen LogP contribution in [0, 0.1) is 5.82 Å². The van der Waals surface area contributed by atoms with Gasteiger partial charge in [0.2, 0.25) is 0 Å². The Morgan fingerprint density at radius 3 is 2.38 bits per heavy atom. The number of hydrogen-bond acceptors (Lipinski definition) is 3. The molecule has 1 aliphatic carbocycles. The standard InChI is InChI=1S/C31H33ClFNO3/c1-6-18-12-22-21-11-9-8-10-19(21)14-24(22)23(13-18)25-15-26(32)28(33)27(29(25)36-7-2)20-16-34(17-20)30(35)37-31(3,4)5/h8-13,15,20H,6-7,14,16-17H2,1-5H3. The van der Waals surface area contributed by atoms with Crippen molar-refractivity contribution in [3.05, 3.63) is 75.6 Å². The van der Waals surface area contributed by atoms with E-state index in [1.807, 2.05) is 27.7 Å². The lowest BCUT2D eigenvalue weighted by Crippen LogP contribution is -2.50. The molecular weight excluding hydrogens is 489 g/mol. The number of hydrogen-bond donors (Lipinski definition) is 0. The van der Waals surface area contributed by atoms with Gasteiger partial charge in [0, 0.05) is 30.1 Å². The molecule has 0 radical (unpaired) electrons. The fraction of sp³-hybridized carbons (Fsp3) is 0.387. The largest absolute Gasteiger partial charge is 0.493 e. The predicted octanol–water partition coefficient (Wildman–Crippen LogP) is 8.01. The van der Waals surface area contributed by atoms with Crippen molar-refractivity contribution in [2.45, 2.75) is 59.0 Å². The minimum atomic E-state index is -0.588. The molecule has 37 heavy (non-hydrogen) atoms. The van der Waals surface area contributed by atoms with Crippen LogP contribution >= 0.6 is 11.6 Å². The molecule has 0 aromatic heterocycles. The molecule has 0 saturated carbocycles. The summed E-state index contributed by atoms with van der Waals surface area (Å²) < 4.78 is 27.3. The quantitative estimate of drug-likeness (QED) is 0.267. The number of rotatable bonds is 5. The molecule has 6 heteroatoms. The first kappa shape index (κ1) is 25.6. The van der Waals surface area contributed by atoms with Gasteiger partial charge < -0.3 is 14.4 Å². The number of halogens is 2. The highest BCUT2D eigenvalue weighted by Crippen LogP contribution is 2.49. The highest BCUT2D eigenvalue weighted by atomic mass is 35.5. The summed E-state index contributed by atoms with van der Waals surface area (Å²) in [5.41, 5.74) is 7.84. The molecule has 1 heterocycles. The monoisotopic (exact) mass is 521 g/mol. The zero-order valence-corrected chi connectivity index (χ0v) is 22.8. The smallest absolute Gasteiger partial charge is 0.410 e. The first-order valence-corrected chi connectivity index (χ1v) is 13.4. The van der Waals surface area contributed by atoms with Crippen LogP contribution in [-0.4, -0.2) is 36.3 Å². The fourth-order valence-electron chi connectivity index (χ4n) is 5.36. The molecule has 1 fully saturated rings. The van der Waals surface area contributed by atoms with E-state index in [4.69, 9.17) is 21.1 Å². The second-order valence-electron chi connectivity index (χ2n) is 10.8. The summed E-state index contributed by atoms with van der Waals surface area (Å²) in [6.07, 6.45) is 1.29. The number of carbonyl (C=O) groups is 1. The van der Waals surface area contributed by atoms with Crippen molar-refractivity contribution in [2.24, 2.45) is 0 Å². The maximum Gasteiger partial charge on any atom is 0.410 e. The van der Waals surface area contributed by atoms with Gasteiger partial charge in [-0.1, -0.05) is 54.9 Å². The van der Waals surface area contributed by atoms with E-state index in [2.05, 4.69) is 43.3 Å². The van der Waals surface area contributed by atoms with E-state index in [1.165, 1.54) is 27.8 Å². The van der Waals surface area contributed by atoms with Crippen molar-refractivity contribution in [1.82, 2.24) is 4.90 Å². The van der Waals surface area contributed by atoms with Crippen molar-refractivity contribution in [1.29, 1.82) is 0 Å². The molecule has 194 valence electrons. The van der Waals surface area contributed by atoms with Gasteiger partial charge in [0.15, 0.2) is 0 Å². The van der Waals surface area contributed by atoms with Crippen LogP contribution in [-0.2, 0) is 17.6 Å². The van der Waals surface area contributed by atoms with Gasteiger partial charge in [-0.15, -0.1) is 0 Å². The molecule has 2 aliphatic rings. The molecule has 0 atom stereocenters. The SMILES string of the molecule is CCOc1c(-c2cc(CC)cc3c2Cc2ccccc2-3)cc(Cl)c(F)c1C1CN(C(=O)OC(C)(C)C)C1. The molecule has 3 aromatic rings. The molecule has 0 bridgehead atoms. The molecule has 1 aliphatic heterocycles. The van der Waals surface area contributed by atoms with E-state index < -0.39 is 17.5 Å². The average molecular weight is 522 g/mol. The summed E-state index contributed by atoms with van der Waals surface area (Å²) in [5.74, 6) is -0.190.